The molecule has 0 atom stereocenters. The number of nitrogens with one attached hydrogen (secondary N) is 1. The summed E-state index contributed by atoms with van der Waals surface area (Å²) in [5.41, 5.74) is 2.11. The monoisotopic (exact) mass is 426 g/mol. The van der Waals surface area contributed by atoms with E-state index in [0.29, 0.717) is 21.7 Å². The van der Waals surface area contributed by atoms with E-state index in [4.69, 9.17) is 33.0 Å². The normalized spacial score (nSPS) is 9.96. The van der Waals surface area contributed by atoms with Crippen molar-refractivity contribution in [1.82, 2.24) is 4.90 Å². The van der Waals surface area contributed by atoms with Crippen LogP contribution in [0.15, 0.2) is 42.5 Å². The number of carboxylic acid groups (broad SMARTS) is 1. The maximum absolute atomic E-state index is 11.3. The molecule has 0 saturated heterocycles. The van der Waals surface area contributed by atoms with Crippen molar-refractivity contribution in [2.24, 2.45) is 0 Å². The second kappa shape index (κ2) is 11.4. The van der Waals surface area contributed by atoms with Crippen LogP contribution in [0.25, 0.3) is 0 Å². The molecule has 0 aromatic heterocycles. The first-order chi connectivity index (χ1) is 13.1. The van der Waals surface area contributed by atoms with Crippen molar-refractivity contribution in [3.63, 3.8) is 0 Å². The van der Waals surface area contributed by atoms with E-state index < -0.39 is 12.6 Å². The Kier molecular flexibility index (Phi) is 9.62. The molecule has 0 saturated carbocycles. The summed E-state index contributed by atoms with van der Waals surface area (Å²) in [6.45, 7) is 3.88. The first-order valence-electron chi connectivity index (χ1n) is 8.48. The van der Waals surface area contributed by atoms with Gasteiger partial charge in [-0.2, -0.15) is 0 Å². The zero-order valence-electron chi connectivity index (χ0n) is 16.2. The van der Waals surface area contributed by atoms with E-state index in [1.165, 1.54) is 22.6 Å². The van der Waals surface area contributed by atoms with Crippen LogP contribution in [0.5, 0.6) is 5.75 Å². The minimum atomic E-state index is -1.05. The van der Waals surface area contributed by atoms with Crippen LogP contribution in [-0.2, 0) is 4.79 Å². The molecule has 0 spiro atoms. The van der Waals surface area contributed by atoms with Crippen molar-refractivity contribution in [3.8, 4) is 5.75 Å². The van der Waals surface area contributed by atoms with Gasteiger partial charge in [-0.3, -0.25) is 0 Å². The highest BCUT2D eigenvalue weighted by Gasteiger charge is 2.05. The molecule has 0 aliphatic heterocycles. The lowest BCUT2D eigenvalue weighted by Crippen LogP contribution is -2.27. The van der Waals surface area contributed by atoms with Gasteiger partial charge >= 0.3 is 12.0 Å². The number of carbonyl (C=O) groups excluding carboxylic acids is 1. The summed E-state index contributed by atoms with van der Waals surface area (Å²) in [4.78, 5) is 23.0. The molecular formula is C20H24Cl2N2O4. The predicted octanol–water partition coefficient (Wildman–Crippen LogP) is 5.36. The Morgan fingerprint density at radius 1 is 1.11 bits per heavy atom. The van der Waals surface area contributed by atoms with Crippen LogP contribution < -0.4 is 10.1 Å². The largest absolute Gasteiger partial charge is 0.480 e. The summed E-state index contributed by atoms with van der Waals surface area (Å²) in [6.07, 6.45) is 0. The SMILES string of the molecule is CC(C)c1ccc(NC(=O)N(C)C)cc1.O=C(O)COc1ccc(Cl)cc1Cl. The van der Waals surface area contributed by atoms with E-state index >= 15 is 0 Å². The van der Waals surface area contributed by atoms with Gasteiger partial charge in [0.2, 0.25) is 0 Å². The van der Waals surface area contributed by atoms with E-state index in [1.54, 1.807) is 20.2 Å². The number of anilines is 1. The number of hydrogen-bond donors (Lipinski definition) is 2. The predicted molar refractivity (Wildman–Crippen MR) is 113 cm³/mol. The maximum Gasteiger partial charge on any atom is 0.341 e. The molecule has 0 radical (unpaired) electrons. The van der Waals surface area contributed by atoms with Crippen molar-refractivity contribution in [1.29, 1.82) is 0 Å². The number of benzene rings is 2. The number of carboxylic acids is 1. The summed E-state index contributed by atoms with van der Waals surface area (Å²) in [5, 5.41) is 11.9. The Morgan fingerprint density at radius 2 is 1.71 bits per heavy atom. The Bertz CT molecular complexity index is 793. The zero-order chi connectivity index (χ0) is 21.3. The first kappa shape index (κ1) is 23.6. The van der Waals surface area contributed by atoms with Gasteiger partial charge in [-0.25, -0.2) is 9.59 Å². The van der Waals surface area contributed by atoms with Gasteiger partial charge in [0.25, 0.3) is 0 Å². The van der Waals surface area contributed by atoms with E-state index in [1.807, 2.05) is 24.3 Å². The molecule has 0 aliphatic rings. The van der Waals surface area contributed by atoms with Gasteiger partial charge in [-0.1, -0.05) is 49.2 Å². The molecular weight excluding hydrogens is 403 g/mol. The van der Waals surface area contributed by atoms with E-state index in [-0.39, 0.29) is 6.03 Å². The molecule has 6 nitrogen and oxygen atoms in total. The van der Waals surface area contributed by atoms with Gasteiger partial charge in [-0.15, -0.1) is 0 Å². The molecule has 152 valence electrons. The minimum Gasteiger partial charge on any atom is -0.480 e. The van der Waals surface area contributed by atoms with Crippen LogP contribution in [0.1, 0.15) is 25.3 Å². The van der Waals surface area contributed by atoms with Gasteiger partial charge in [0, 0.05) is 24.8 Å². The molecule has 0 fully saturated rings. The molecule has 28 heavy (non-hydrogen) atoms. The number of aliphatic carboxylic acids is 1. The van der Waals surface area contributed by atoms with E-state index in [9.17, 15) is 9.59 Å². The van der Waals surface area contributed by atoms with Crippen LogP contribution in [-0.4, -0.2) is 42.7 Å². The quantitative estimate of drug-likeness (QED) is 0.673. The molecule has 0 heterocycles. The third kappa shape index (κ3) is 8.50. The second-order valence-corrected chi connectivity index (χ2v) is 7.20. The molecule has 2 aromatic carbocycles. The number of amides is 2. The number of halogens is 2. The Hall–Kier alpha value is -2.44. The minimum absolute atomic E-state index is 0.104. The van der Waals surface area contributed by atoms with Gasteiger partial charge < -0.3 is 20.1 Å². The standard InChI is InChI=1S/C12H18N2O.C8H6Cl2O3/c1-9(2)10-5-7-11(8-6-10)13-12(15)14(3)4;9-5-1-2-7(6(10)3-5)13-4-8(11)12/h5-9H,1-4H3,(H,13,15);1-3H,4H2,(H,11,12). The lowest BCUT2D eigenvalue weighted by Gasteiger charge is -2.12. The number of hydrogen-bond acceptors (Lipinski definition) is 3. The van der Waals surface area contributed by atoms with Gasteiger partial charge in [-0.05, 0) is 41.8 Å². The molecule has 0 aliphatic carbocycles. The zero-order valence-corrected chi connectivity index (χ0v) is 17.7. The van der Waals surface area contributed by atoms with Crippen molar-refractivity contribution < 1.29 is 19.4 Å². The van der Waals surface area contributed by atoms with Crippen LogP contribution in [0.4, 0.5) is 10.5 Å². The number of urea groups is 1. The number of nitrogens with zero attached hydrogens (tertiary/aromatic N) is 1. The lowest BCUT2D eigenvalue weighted by molar-refractivity contribution is -0.139. The summed E-state index contributed by atoms with van der Waals surface area (Å²) >= 11 is 11.3. The Morgan fingerprint density at radius 3 is 2.18 bits per heavy atom. The maximum atomic E-state index is 11.3. The van der Waals surface area contributed by atoms with E-state index in [0.717, 1.165) is 5.69 Å². The van der Waals surface area contributed by atoms with Crippen molar-refractivity contribution >= 4 is 40.9 Å². The molecule has 8 heteroatoms. The second-order valence-electron chi connectivity index (χ2n) is 6.36. The van der Waals surface area contributed by atoms with Gasteiger partial charge in [0.15, 0.2) is 6.61 Å². The number of ether oxygens (including phenoxy) is 1. The van der Waals surface area contributed by atoms with Crippen LogP contribution in [0.3, 0.4) is 0 Å². The van der Waals surface area contributed by atoms with Crippen LogP contribution in [0.2, 0.25) is 10.0 Å². The van der Waals surface area contributed by atoms with Crippen molar-refractivity contribution in [3.05, 3.63) is 58.1 Å². The molecule has 2 rings (SSSR count). The highest BCUT2D eigenvalue weighted by Crippen LogP contribution is 2.27. The van der Waals surface area contributed by atoms with Crippen LogP contribution >= 0.6 is 23.2 Å². The fraction of sp³-hybridized carbons (Fsp3) is 0.300. The number of carbonyl (C=O) groups is 2. The highest BCUT2D eigenvalue weighted by molar-refractivity contribution is 6.35. The Labute approximate surface area is 175 Å². The highest BCUT2D eigenvalue weighted by atomic mass is 35.5. The summed E-state index contributed by atoms with van der Waals surface area (Å²) < 4.78 is 4.86. The summed E-state index contributed by atoms with van der Waals surface area (Å²) in [6, 6.07) is 12.4. The average molecular weight is 427 g/mol. The lowest BCUT2D eigenvalue weighted by atomic mass is 10.0. The molecule has 2 aromatic rings. The molecule has 2 N–H and O–H groups in total. The van der Waals surface area contributed by atoms with Gasteiger partial charge in [0.05, 0.1) is 5.02 Å². The third-order valence-electron chi connectivity index (χ3n) is 3.48. The van der Waals surface area contributed by atoms with E-state index in [2.05, 4.69) is 19.2 Å². The fourth-order valence-corrected chi connectivity index (χ4v) is 2.38. The van der Waals surface area contributed by atoms with Crippen molar-refractivity contribution in [2.75, 3.05) is 26.0 Å². The Balaban J connectivity index is 0.000000283. The average Bonchev–Trinajstić information content (AvgIpc) is 2.61. The first-order valence-corrected chi connectivity index (χ1v) is 9.23. The third-order valence-corrected chi connectivity index (χ3v) is 4.01. The van der Waals surface area contributed by atoms with Crippen molar-refractivity contribution in [2.45, 2.75) is 19.8 Å². The van der Waals surface area contributed by atoms with Gasteiger partial charge in [0.1, 0.15) is 5.75 Å². The van der Waals surface area contributed by atoms with Crippen LogP contribution in [0, 0.1) is 0 Å². The fourth-order valence-electron chi connectivity index (χ4n) is 1.92. The topological polar surface area (TPSA) is 78.9 Å². The number of rotatable bonds is 5. The summed E-state index contributed by atoms with van der Waals surface area (Å²) in [5.74, 6) is -0.219. The summed E-state index contributed by atoms with van der Waals surface area (Å²) in [7, 11) is 3.44. The molecule has 0 bridgehead atoms. The smallest absolute Gasteiger partial charge is 0.341 e. The molecule has 0 unspecified atom stereocenters. The molecule has 2 amide bonds.